The summed E-state index contributed by atoms with van der Waals surface area (Å²) in [7, 11) is 0. The highest BCUT2D eigenvalue weighted by Gasteiger charge is 2.18. The first-order chi connectivity index (χ1) is 14.1. The lowest BCUT2D eigenvalue weighted by Gasteiger charge is -2.24. The van der Waals surface area contributed by atoms with E-state index in [-0.39, 0.29) is 16.8 Å². The van der Waals surface area contributed by atoms with Crippen molar-refractivity contribution in [2.45, 2.75) is 78.9 Å². The molecule has 0 atom stereocenters. The van der Waals surface area contributed by atoms with Crippen molar-refractivity contribution in [3.05, 3.63) is 47.5 Å². The summed E-state index contributed by atoms with van der Waals surface area (Å²) in [4.78, 5) is 40.9. The van der Waals surface area contributed by atoms with Crippen molar-refractivity contribution in [1.29, 1.82) is 0 Å². The molecule has 0 aliphatic rings. The summed E-state index contributed by atoms with van der Waals surface area (Å²) in [5.41, 5.74) is -0.137. The van der Waals surface area contributed by atoms with Crippen molar-refractivity contribution >= 4 is 17.9 Å². The molecule has 3 N–H and O–H groups in total. The molecule has 0 spiro atoms. The zero-order chi connectivity index (χ0) is 24.7. The van der Waals surface area contributed by atoms with Crippen LogP contribution in [0.5, 0.6) is 0 Å². The van der Waals surface area contributed by atoms with Gasteiger partial charge < -0.3 is 15.3 Å². The van der Waals surface area contributed by atoms with Crippen LogP contribution in [0.1, 0.15) is 78.1 Å². The summed E-state index contributed by atoms with van der Waals surface area (Å²) in [6.07, 6.45) is 2.62. The highest BCUT2D eigenvalue weighted by Crippen LogP contribution is 2.14. The molecule has 31 heavy (non-hydrogen) atoms. The van der Waals surface area contributed by atoms with Crippen molar-refractivity contribution in [2.75, 3.05) is 0 Å². The second kappa shape index (κ2) is 15.1. The predicted molar refractivity (Wildman–Crippen MR) is 118 cm³/mol. The first-order valence-electron chi connectivity index (χ1n) is 9.91. The van der Waals surface area contributed by atoms with Crippen LogP contribution in [0.4, 0.5) is 0 Å². The molecule has 0 fully saturated rings. The number of aliphatic carboxylic acids is 2. The number of benzene rings is 1. The average Bonchev–Trinajstić information content (AvgIpc) is 2.64. The minimum atomic E-state index is -1.21. The molecule has 8 nitrogen and oxygen atoms in total. The number of hydrogen-bond acceptors (Lipinski definition) is 5. The lowest BCUT2D eigenvalue weighted by atomic mass is 10.1. The van der Waals surface area contributed by atoms with E-state index in [0.717, 1.165) is 12.5 Å². The van der Waals surface area contributed by atoms with Crippen LogP contribution in [0.25, 0.3) is 0 Å². The van der Waals surface area contributed by atoms with E-state index in [0.29, 0.717) is 18.4 Å². The maximum absolute atomic E-state index is 10.4. The molecule has 0 heterocycles. The van der Waals surface area contributed by atoms with Crippen molar-refractivity contribution in [3.8, 4) is 0 Å². The Bertz CT molecular complexity index is 681. The maximum Gasteiger partial charge on any atom is 0.335 e. The fourth-order valence-corrected chi connectivity index (χ4v) is 1.59. The van der Waals surface area contributed by atoms with Crippen LogP contribution in [-0.2, 0) is 19.4 Å². The monoisotopic (exact) mass is 440 g/mol. The molecule has 0 unspecified atom stereocenters. The van der Waals surface area contributed by atoms with Gasteiger partial charge in [-0.25, -0.2) is 24.2 Å². The van der Waals surface area contributed by atoms with Gasteiger partial charge in [-0.05, 0) is 66.5 Å². The van der Waals surface area contributed by atoms with E-state index in [1.165, 1.54) is 0 Å². The average molecular weight is 441 g/mol. The van der Waals surface area contributed by atoms with Gasteiger partial charge in [-0.2, -0.15) is 0 Å². The van der Waals surface area contributed by atoms with Crippen LogP contribution < -0.4 is 0 Å². The molecular formula is C23H36O8. The Balaban J connectivity index is 0. The normalized spacial score (nSPS) is 11.4. The minimum Gasteiger partial charge on any atom is -0.478 e. The maximum atomic E-state index is 10.4. The van der Waals surface area contributed by atoms with E-state index in [1.807, 2.05) is 48.5 Å². The van der Waals surface area contributed by atoms with E-state index in [1.54, 1.807) is 30.3 Å². The summed E-state index contributed by atoms with van der Waals surface area (Å²) in [6, 6.07) is 8.30. The molecule has 176 valence electrons. The lowest BCUT2D eigenvalue weighted by molar-refractivity contribution is -0.393. The predicted octanol–water partition coefficient (Wildman–Crippen LogP) is 5.19. The van der Waals surface area contributed by atoms with Crippen molar-refractivity contribution in [2.24, 2.45) is 0 Å². The van der Waals surface area contributed by atoms with Crippen molar-refractivity contribution in [3.63, 3.8) is 0 Å². The van der Waals surface area contributed by atoms with Crippen LogP contribution in [-0.4, -0.2) is 44.4 Å². The Morgan fingerprint density at radius 2 is 1.32 bits per heavy atom. The first kappa shape index (κ1) is 30.5. The number of hydrogen-bond donors (Lipinski definition) is 3. The van der Waals surface area contributed by atoms with Gasteiger partial charge in [-0.1, -0.05) is 31.5 Å². The summed E-state index contributed by atoms with van der Waals surface area (Å²) in [5, 5.41) is 25.2. The molecule has 0 aliphatic heterocycles. The lowest BCUT2D eigenvalue weighted by Crippen LogP contribution is -2.27. The largest absolute Gasteiger partial charge is 0.478 e. The molecular weight excluding hydrogens is 404 g/mol. The van der Waals surface area contributed by atoms with E-state index < -0.39 is 17.9 Å². The fraction of sp³-hybridized carbons (Fsp3) is 0.522. The van der Waals surface area contributed by atoms with Gasteiger partial charge in [0, 0.05) is 11.6 Å². The summed E-state index contributed by atoms with van der Waals surface area (Å²) in [5.74, 6) is -3.23. The molecule has 1 rings (SSSR count). The molecule has 0 saturated carbocycles. The van der Waals surface area contributed by atoms with Gasteiger partial charge in [0.1, 0.15) is 0 Å². The van der Waals surface area contributed by atoms with Gasteiger partial charge in [0.15, 0.2) is 0 Å². The summed E-state index contributed by atoms with van der Waals surface area (Å²) in [6.45, 7) is 13.7. The van der Waals surface area contributed by atoms with E-state index >= 15 is 0 Å². The van der Waals surface area contributed by atoms with E-state index in [2.05, 4.69) is 0 Å². The smallest absolute Gasteiger partial charge is 0.335 e. The molecule has 0 bridgehead atoms. The fourth-order valence-electron chi connectivity index (χ4n) is 1.59. The number of carbonyl (C=O) groups is 3. The number of unbranched alkanes of at least 4 members (excludes halogenated alkanes) is 1. The van der Waals surface area contributed by atoms with E-state index in [9.17, 15) is 14.4 Å². The van der Waals surface area contributed by atoms with Gasteiger partial charge >= 0.3 is 17.9 Å². The standard InChI is InChI=1S/C8H12O4.C8H18O2.C7H6O2/c1-2-3-4-6(8(11)12)5-7(9)10;1-7(2,3)9-10-8(4,5)6;8-7(9)6-4-2-1-3-5-6/h5H,2-4H2,1H3,(H,9,10)(H,11,12);1-6H3;1-5H,(H,8,9)/b6-5+;;. The summed E-state index contributed by atoms with van der Waals surface area (Å²) < 4.78 is 0. The Kier molecular flexibility index (Phi) is 14.9. The summed E-state index contributed by atoms with van der Waals surface area (Å²) >= 11 is 0. The Morgan fingerprint density at radius 3 is 1.58 bits per heavy atom. The third kappa shape index (κ3) is 21.8. The molecule has 0 amide bonds. The highest BCUT2D eigenvalue weighted by atomic mass is 17.2. The van der Waals surface area contributed by atoms with Crippen molar-refractivity contribution in [1.82, 2.24) is 0 Å². The molecule has 8 heteroatoms. The molecule has 0 aromatic heterocycles. The Labute approximate surface area is 184 Å². The minimum absolute atomic E-state index is 0.0376. The van der Waals surface area contributed by atoms with E-state index in [4.69, 9.17) is 25.1 Å². The number of aromatic carboxylic acids is 1. The first-order valence-corrected chi connectivity index (χ1v) is 9.91. The number of carboxylic acids is 3. The van der Waals surface area contributed by atoms with Crippen LogP contribution in [0.3, 0.4) is 0 Å². The van der Waals surface area contributed by atoms with Crippen LogP contribution in [0.15, 0.2) is 42.0 Å². The van der Waals surface area contributed by atoms with Gasteiger partial charge in [-0.15, -0.1) is 0 Å². The highest BCUT2D eigenvalue weighted by molar-refractivity contribution is 5.94. The van der Waals surface area contributed by atoms with Gasteiger partial charge in [0.05, 0.1) is 16.8 Å². The van der Waals surface area contributed by atoms with Crippen LogP contribution in [0, 0.1) is 0 Å². The van der Waals surface area contributed by atoms with Crippen LogP contribution >= 0.6 is 0 Å². The zero-order valence-corrected chi connectivity index (χ0v) is 19.5. The third-order valence-corrected chi connectivity index (χ3v) is 2.93. The SMILES string of the molecule is CC(C)(C)OOC(C)(C)C.CCCC/C(=C\C(=O)O)C(=O)O.O=C(O)c1ccccc1. The molecule has 0 saturated heterocycles. The molecule has 1 aromatic rings. The Morgan fingerprint density at radius 1 is 0.871 bits per heavy atom. The van der Waals surface area contributed by atoms with Gasteiger partial charge in [-0.3, -0.25) is 0 Å². The second-order valence-corrected chi connectivity index (χ2v) is 8.48. The Hall–Kier alpha value is -2.71. The van der Waals surface area contributed by atoms with Crippen molar-refractivity contribution < 1.29 is 39.5 Å². The van der Waals surface area contributed by atoms with Crippen LogP contribution in [0.2, 0.25) is 0 Å². The van der Waals surface area contributed by atoms with Gasteiger partial charge in [0.2, 0.25) is 0 Å². The van der Waals surface area contributed by atoms with Gasteiger partial charge in [0.25, 0.3) is 0 Å². The molecule has 1 aromatic carbocycles. The number of carboxylic acid groups (broad SMARTS) is 3. The topological polar surface area (TPSA) is 130 Å². The quantitative estimate of drug-likeness (QED) is 0.300. The molecule has 0 radical (unpaired) electrons. The number of rotatable bonds is 7. The second-order valence-electron chi connectivity index (χ2n) is 8.48. The third-order valence-electron chi connectivity index (χ3n) is 2.93. The molecule has 0 aliphatic carbocycles. The zero-order valence-electron chi connectivity index (χ0n) is 19.5.